The summed E-state index contributed by atoms with van der Waals surface area (Å²) in [6.07, 6.45) is 3.21. The minimum absolute atomic E-state index is 0.0207. The van der Waals surface area contributed by atoms with Gasteiger partial charge in [-0.15, -0.1) is 0 Å². The molecule has 0 fully saturated rings. The minimum Gasteiger partial charge on any atom is -0.392 e. The number of rotatable bonds is 3. The molecule has 0 aliphatic heterocycles. The van der Waals surface area contributed by atoms with Gasteiger partial charge in [0.05, 0.1) is 6.61 Å². The van der Waals surface area contributed by atoms with Gasteiger partial charge in [-0.25, -0.2) is 9.97 Å². The smallest absolute Gasteiger partial charge is 0.116 e. The highest BCUT2D eigenvalue weighted by molar-refractivity contribution is 9.10. The summed E-state index contributed by atoms with van der Waals surface area (Å²) in [5, 5.41) is 10.1. The van der Waals surface area contributed by atoms with E-state index in [0.29, 0.717) is 0 Å². The fraction of sp³-hybridized carbons (Fsp3) is 0.0909. The van der Waals surface area contributed by atoms with Gasteiger partial charge in [-0.1, -0.05) is 27.7 Å². The SMILES string of the molecule is OCc1cc(Br)ccc1Sc1ccncn1. The van der Waals surface area contributed by atoms with Crippen LogP contribution in [0.2, 0.25) is 0 Å². The molecule has 0 saturated carbocycles. The predicted molar refractivity (Wildman–Crippen MR) is 66.2 cm³/mol. The van der Waals surface area contributed by atoms with Gasteiger partial charge in [0.1, 0.15) is 11.4 Å². The van der Waals surface area contributed by atoms with Crippen LogP contribution in [-0.4, -0.2) is 15.1 Å². The second-order valence-electron chi connectivity index (χ2n) is 3.06. The molecule has 16 heavy (non-hydrogen) atoms. The van der Waals surface area contributed by atoms with Crippen molar-refractivity contribution in [2.75, 3.05) is 0 Å². The molecule has 0 spiro atoms. The molecule has 0 unspecified atom stereocenters. The van der Waals surface area contributed by atoms with E-state index in [4.69, 9.17) is 0 Å². The zero-order chi connectivity index (χ0) is 11.4. The second kappa shape index (κ2) is 5.43. The topological polar surface area (TPSA) is 46.0 Å². The Morgan fingerprint density at radius 2 is 2.19 bits per heavy atom. The lowest BCUT2D eigenvalue weighted by Crippen LogP contribution is -1.88. The van der Waals surface area contributed by atoms with Crippen LogP contribution in [0.15, 0.2) is 51.2 Å². The molecular formula is C11H9BrN2OS. The molecule has 1 aromatic heterocycles. The summed E-state index contributed by atoms with van der Waals surface area (Å²) in [7, 11) is 0. The van der Waals surface area contributed by atoms with Gasteiger partial charge in [-0.05, 0) is 29.8 Å². The Balaban J connectivity index is 2.28. The first-order chi connectivity index (χ1) is 7.79. The molecule has 1 N–H and O–H groups in total. The standard InChI is InChI=1S/C11H9BrN2OS/c12-9-1-2-10(8(5-9)6-15)16-11-3-4-13-7-14-11/h1-5,7,15H,6H2. The van der Waals surface area contributed by atoms with Crippen LogP contribution in [-0.2, 0) is 6.61 Å². The van der Waals surface area contributed by atoms with E-state index in [0.717, 1.165) is 20.0 Å². The van der Waals surface area contributed by atoms with E-state index in [1.807, 2.05) is 24.3 Å². The average molecular weight is 297 g/mol. The maximum Gasteiger partial charge on any atom is 0.116 e. The highest BCUT2D eigenvalue weighted by Crippen LogP contribution is 2.30. The van der Waals surface area contributed by atoms with Crippen LogP contribution in [0.4, 0.5) is 0 Å². The molecule has 0 amide bonds. The fourth-order valence-electron chi connectivity index (χ4n) is 1.22. The fourth-order valence-corrected chi connectivity index (χ4v) is 2.48. The van der Waals surface area contributed by atoms with Crippen LogP contribution >= 0.6 is 27.7 Å². The zero-order valence-corrected chi connectivity index (χ0v) is 10.7. The summed E-state index contributed by atoms with van der Waals surface area (Å²) >= 11 is 4.89. The summed E-state index contributed by atoms with van der Waals surface area (Å²) in [5.74, 6) is 0. The minimum atomic E-state index is 0.0207. The van der Waals surface area contributed by atoms with Gasteiger partial charge in [-0.3, -0.25) is 0 Å². The molecule has 2 rings (SSSR count). The number of nitrogens with zero attached hydrogens (tertiary/aromatic N) is 2. The molecular weight excluding hydrogens is 288 g/mol. The highest BCUT2D eigenvalue weighted by Gasteiger charge is 2.05. The lowest BCUT2D eigenvalue weighted by atomic mass is 10.2. The van der Waals surface area contributed by atoms with Crippen LogP contribution in [0.3, 0.4) is 0 Å². The van der Waals surface area contributed by atoms with Crippen molar-refractivity contribution >= 4 is 27.7 Å². The summed E-state index contributed by atoms with van der Waals surface area (Å²) in [6, 6.07) is 7.66. The molecule has 2 aromatic rings. The number of aliphatic hydroxyl groups is 1. The Morgan fingerprint density at radius 3 is 2.88 bits per heavy atom. The van der Waals surface area contributed by atoms with Gasteiger partial charge in [0.2, 0.25) is 0 Å². The zero-order valence-electron chi connectivity index (χ0n) is 8.30. The maximum atomic E-state index is 9.25. The third-order valence-electron chi connectivity index (χ3n) is 1.96. The van der Waals surface area contributed by atoms with E-state index >= 15 is 0 Å². The van der Waals surface area contributed by atoms with Crippen molar-refractivity contribution in [3.8, 4) is 0 Å². The molecule has 0 bridgehead atoms. The third kappa shape index (κ3) is 2.81. The van der Waals surface area contributed by atoms with Crippen molar-refractivity contribution < 1.29 is 5.11 Å². The molecule has 5 heteroatoms. The van der Waals surface area contributed by atoms with Crippen molar-refractivity contribution in [1.29, 1.82) is 0 Å². The van der Waals surface area contributed by atoms with Gasteiger partial charge in [0.25, 0.3) is 0 Å². The van der Waals surface area contributed by atoms with E-state index in [1.165, 1.54) is 18.1 Å². The van der Waals surface area contributed by atoms with Gasteiger partial charge < -0.3 is 5.11 Å². The number of benzene rings is 1. The molecule has 1 heterocycles. The average Bonchev–Trinajstić information content (AvgIpc) is 2.33. The van der Waals surface area contributed by atoms with E-state index in [-0.39, 0.29) is 6.61 Å². The van der Waals surface area contributed by atoms with Crippen LogP contribution in [0.25, 0.3) is 0 Å². The Bertz CT molecular complexity index is 479. The number of hydrogen-bond acceptors (Lipinski definition) is 4. The quantitative estimate of drug-likeness (QED) is 0.885. The summed E-state index contributed by atoms with van der Waals surface area (Å²) in [6.45, 7) is 0.0207. The molecule has 82 valence electrons. The van der Waals surface area contributed by atoms with Crippen molar-refractivity contribution in [3.05, 3.63) is 46.8 Å². The Morgan fingerprint density at radius 1 is 1.31 bits per heavy atom. The second-order valence-corrected chi connectivity index (χ2v) is 5.04. The summed E-state index contributed by atoms with van der Waals surface area (Å²) in [5.41, 5.74) is 0.887. The van der Waals surface area contributed by atoms with E-state index in [2.05, 4.69) is 25.9 Å². The van der Waals surface area contributed by atoms with E-state index < -0.39 is 0 Å². The number of halogens is 1. The van der Waals surface area contributed by atoms with Gasteiger partial charge in [0.15, 0.2) is 0 Å². The third-order valence-corrected chi connectivity index (χ3v) is 3.52. The van der Waals surface area contributed by atoms with Crippen molar-refractivity contribution in [2.24, 2.45) is 0 Å². The molecule has 0 atom stereocenters. The largest absolute Gasteiger partial charge is 0.392 e. The van der Waals surface area contributed by atoms with Crippen molar-refractivity contribution in [2.45, 2.75) is 16.5 Å². The summed E-state index contributed by atoms with van der Waals surface area (Å²) < 4.78 is 0.962. The number of hydrogen-bond donors (Lipinski definition) is 1. The first-order valence-electron chi connectivity index (χ1n) is 4.63. The maximum absolute atomic E-state index is 9.25. The molecule has 0 radical (unpaired) electrons. The number of aliphatic hydroxyl groups excluding tert-OH is 1. The van der Waals surface area contributed by atoms with Crippen LogP contribution in [0.5, 0.6) is 0 Å². The van der Waals surface area contributed by atoms with Crippen LogP contribution < -0.4 is 0 Å². The lowest BCUT2D eigenvalue weighted by molar-refractivity contribution is 0.279. The first kappa shape index (κ1) is 11.6. The first-order valence-corrected chi connectivity index (χ1v) is 6.23. The van der Waals surface area contributed by atoms with Gasteiger partial charge in [0, 0.05) is 15.6 Å². The Kier molecular flexibility index (Phi) is 3.93. The molecule has 0 aliphatic carbocycles. The monoisotopic (exact) mass is 296 g/mol. The molecule has 3 nitrogen and oxygen atoms in total. The lowest BCUT2D eigenvalue weighted by Gasteiger charge is -2.06. The molecule has 0 saturated heterocycles. The normalized spacial score (nSPS) is 10.4. The summed E-state index contributed by atoms with van der Waals surface area (Å²) in [4.78, 5) is 9.00. The molecule has 0 aliphatic rings. The van der Waals surface area contributed by atoms with Gasteiger partial charge >= 0.3 is 0 Å². The Hall–Kier alpha value is -0.910. The van der Waals surface area contributed by atoms with Crippen molar-refractivity contribution in [1.82, 2.24) is 9.97 Å². The van der Waals surface area contributed by atoms with Gasteiger partial charge in [-0.2, -0.15) is 0 Å². The molecule has 1 aromatic carbocycles. The highest BCUT2D eigenvalue weighted by atomic mass is 79.9. The predicted octanol–water partition coefficient (Wildman–Crippen LogP) is 2.88. The van der Waals surface area contributed by atoms with E-state index in [9.17, 15) is 5.11 Å². The Labute approximate surface area is 106 Å². The van der Waals surface area contributed by atoms with E-state index in [1.54, 1.807) is 6.20 Å². The van der Waals surface area contributed by atoms with Crippen molar-refractivity contribution in [3.63, 3.8) is 0 Å². The number of aromatic nitrogens is 2. The van der Waals surface area contributed by atoms with Crippen LogP contribution in [0, 0.1) is 0 Å². The van der Waals surface area contributed by atoms with Crippen LogP contribution in [0.1, 0.15) is 5.56 Å².